The Morgan fingerprint density at radius 2 is 1.90 bits per heavy atom. The lowest BCUT2D eigenvalue weighted by Crippen LogP contribution is -2.41. The third-order valence-corrected chi connectivity index (χ3v) is 5.79. The number of rotatable bonds is 7. The molecule has 1 aliphatic rings. The first-order valence-corrected chi connectivity index (χ1v) is 10.8. The smallest absolute Gasteiger partial charge is 0.238 e. The molecule has 2 aromatic carbocycles. The van der Waals surface area contributed by atoms with Crippen molar-refractivity contribution in [3.8, 4) is 0 Å². The molecule has 0 unspecified atom stereocenters. The number of aliphatic imine (C=N–C) groups is 1. The molecule has 6 nitrogen and oxygen atoms in total. The van der Waals surface area contributed by atoms with Crippen molar-refractivity contribution in [3.05, 3.63) is 65.5 Å². The minimum atomic E-state index is -3.75. The van der Waals surface area contributed by atoms with E-state index in [4.69, 9.17) is 5.14 Å². The Hall–Kier alpha value is -1.72. The van der Waals surface area contributed by atoms with Crippen LogP contribution in [0.3, 0.4) is 0 Å². The lowest BCUT2D eigenvalue weighted by molar-refractivity contribution is 0.559. The van der Waals surface area contributed by atoms with E-state index in [0.29, 0.717) is 25.6 Å². The highest BCUT2D eigenvalue weighted by molar-refractivity contribution is 14.0. The number of sulfonamides is 1. The SMILES string of the molecule is CCNC(=NCc1cccc(S(N)(=O)=O)c1)NCC1(c2ccccc2F)CC1.I. The average molecular weight is 532 g/mol. The van der Waals surface area contributed by atoms with Gasteiger partial charge in [-0.05, 0) is 49.1 Å². The Morgan fingerprint density at radius 1 is 1.17 bits per heavy atom. The number of nitrogens with two attached hydrogens (primary N) is 1. The van der Waals surface area contributed by atoms with Crippen molar-refractivity contribution in [2.24, 2.45) is 10.1 Å². The zero-order chi connectivity index (χ0) is 20.2. The molecule has 9 heteroatoms. The first-order valence-electron chi connectivity index (χ1n) is 9.23. The molecule has 0 amide bonds. The quantitative estimate of drug-likeness (QED) is 0.290. The van der Waals surface area contributed by atoms with Crippen LogP contribution in [0, 0.1) is 5.82 Å². The topological polar surface area (TPSA) is 96.6 Å². The predicted molar refractivity (Wildman–Crippen MR) is 123 cm³/mol. The molecule has 0 aromatic heterocycles. The normalized spacial score (nSPS) is 15.3. The molecule has 0 saturated heterocycles. The molecule has 2 aromatic rings. The van der Waals surface area contributed by atoms with Crippen LogP contribution in [-0.2, 0) is 22.0 Å². The summed E-state index contributed by atoms with van der Waals surface area (Å²) in [7, 11) is -3.75. The number of nitrogens with one attached hydrogen (secondary N) is 2. The number of guanidine groups is 1. The van der Waals surface area contributed by atoms with Crippen LogP contribution in [0.15, 0.2) is 58.4 Å². The van der Waals surface area contributed by atoms with Gasteiger partial charge < -0.3 is 10.6 Å². The van der Waals surface area contributed by atoms with E-state index in [1.165, 1.54) is 18.2 Å². The summed E-state index contributed by atoms with van der Waals surface area (Å²) in [6.07, 6.45) is 1.85. The third-order valence-electron chi connectivity index (χ3n) is 4.88. The molecule has 29 heavy (non-hydrogen) atoms. The molecule has 0 spiro atoms. The third kappa shape index (κ3) is 6.13. The van der Waals surface area contributed by atoms with E-state index in [1.54, 1.807) is 18.2 Å². The van der Waals surface area contributed by atoms with Gasteiger partial charge in [0.25, 0.3) is 0 Å². The fourth-order valence-corrected chi connectivity index (χ4v) is 3.75. The highest BCUT2D eigenvalue weighted by Gasteiger charge is 2.45. The van der Waals surface area contributed by atoms with Crippen molar-refractivity contribution < 1.29 is 12.8 Å². The Labute approximate surface area is 188 Å². The van der Waals surface area contributed by atoms with Gasteiger partial charge in [-0.25, -0.2) is 22.9 Å². The van der Waals surface area contributed by atoms with Crippen LogP contribution in [0.1, 0.15) is 30.9 Å². The minimum absolute atomic E-state index is 0. The molecule has 1 saturated carbocycles. The average Bonchev–Trinajstić information content (AvgIpc) is 3.45. The molecule has 0 aliphatic heterocycles. The number of nitrogens with zero attached hydrogens (tertiary/aromatic N) is 1. The molecule has 0 heterocycles. The van der Waals surface area contributed by atoms with E-state index in [9.17, 15) is 12.8 Å². The first-order chi connectivity index (χ1) is 13.3. The standard InChI is InChI=1S/C20H25FN4O2S.HI/c1-2-23-19(24-13-15-6-5-7-16(12-15)28(22,26)27)25-14-20(10-11-20)17-8-3-4-9-18(17)21;/h3-9,12H,2,10-11,13-14H2,1H3,(H2,22,26,27)(H2,23,24,25);1H. The van der Waals surface area contributed by atoms with Crippen molar-refractivity contribution in [1.82, 2.24) is 10.6 Å². The van der Waals surface area contributed by atoms with Crippen molar-refractivity contribution in [2.45, 2.75) is 36.6 Å². The number of hydrogen-bond acceptors (Lipinski definition) is 3. The molecule has 0 bridgehead atoms. The van der Waals surface area contributed by atoms with E-state index < -0.39 is 10.0 Å². The monoisotopic (exact) mass is 532 g/mol. The van der Waals surface area contributed by atoms with E-state index in [1.807, 2.05) is 19.1 Å². The maximum absolute atomic E-state index is 14.2. The summed E-state index contributed by atoms with van der Waals surface area (Å²) >= 11 is 0. The van der Waals surface area contributed by atoms with Crippen molar-refractivity contribution >= 4 is 40.0 Å². The van der Waals surface area contributed by atoms with Crippen LogP contribution in [0.5, 0.6) is 0 Å². The Bertz CT molecular complexity index is 978. The summed E-state index contributed by atoms with van der Waals surface area (Å²) in [4.78, 5) is 4.58. The van der Waals surface area contributed by atoms with Crippen molar-refractivity contribution in [2.75, 3.05) is 13.1 Å². The lowest BCUT2D eigenvalue weighted by Gasteiger charge is -2.19. The zero-order valence-electron chi connectivity index (χ0n) is 16.2. The maximum Gasteiger partial charge on any atom is 0.238 e. The second-order valence-corrected chi connectivity index (χ2v) is 8.56. The van der Waals surface area contributed by atoms with Gasteiger partial charge in [-0.3, -0.25) is 0 Å². The molecular formula is C20H26FIN4O2S. The van der Waals surface area contributed by atoms with E-state index in [0.717, 1.165) is 24.0 Å². The molecule has 4 N–H and O–H groups in total. The zero-order valence-corrected chi connectivity index (χ0v) is 19.3. The number of primary sulfonamides is 1. The summed E-state index contributed by atoms with van der Waals surface area (Å²) in [5.41, 5.74) is 1.27. The van der Waals surface area contributed by atoms with Gasteiger partial charge in [0.05, 0.1) is 11.4 Å². The predicted octanol–water partition coefficient (Wildman–Crippen LogP) is 2.88. The van der Waals surface area contributed by atoms with Gasteiger partial charge in [-0.1, -0.05) is 30.3 Å². The van der Waals surface area contributed by atoms with Gasteiger partial charge in [-0.2, -0.15) is 0 Å². The van der Waals surface area contributed by atoms with Gasteiger partial charge in [0.15, 0.2) is 5.96 Å². The highest BCUT2D eigenvalue weighted by Crippen LogP contribution is 2.48. The number of hydrogen-bond donors (Lipinski definition) is 3. The van der Waals surface area contributed by atoms with Gasteiger partial charge >= 0.3 is 0 Å². The number of benzene rings is 2. The fraction of sp³-hybridized carbons (Fsp3) is 0.350. The van der Waals surface area contributed by atoms with Gasteiger partial charge in [0, 0.05) is 18.5 Å². The van der Waals surface area contributed by atoms with Gasteiger partial charge in [0.2, 0.25) is 10.0 Å². The summed E-state index contributed by atoms with van der Waals surface area (Å²) in [6, 6.07) is 13.3. The maximum atomic E-state index is 14.2. The first kappa shape index (κ1) is 23.6. The summed E-state index contributed by atoms with van der Waals surface area (Å²) in [5, 5.41) is 11.6. The number of halogens is 2. The van der Waals surface area contributed by atoms with Crippen LogP contribution < -0.4 is 15.8 Å². The molecule has 0 radical (unpaired) electrons. The second kappa shape index (κ2) is 9.86. The minimum Gasteiger partial charge on any atom is -0.357 e. The molecular weight excluding hydrogens is 506 g/mol. The van der Waals surface area contributed by atoms with Gasteiger partial charge in [0.1, 0.15) is 5.82 Å². The molecule has 1 fully saturated rings. The van der Waals surface area contributed by atoms with E-state index >= 15 is 0 Å². The molecule has 1 aliphatic carbocycles. The van der Waals surface area contributed by atoms with Crippen LogP contribution in [-0.4, -0.2) is 27.5 Å². The van der Waals surface area contributed by atoms with E-state index in [-0.39, 0.29) is 40.1 Å². The van der Waals surface area contributed by atoms with Crippen LogP contribution in [0.2, 0.25) is 0 Å². The van der Waals surface area contributed by atoms with Crippen LogP contribution in [0.25, 0.3) is 0 Å². The highest BCUT2D eigenvalue weighted by atomic mass is 127. The van der Waals surface area contributed by atoms with Crippen molar-refractivity contribution in [3.63, 3.8) is 0 Å². The summed E-state index contributed by atoms with van der Waals surface area (Å²) < 4.78 is 37.2. The summed E-state index contributed by atoms with van der Waals surface area (Å²) in [6.45, 7) is 3.51. The summed E-state index contributed by atoms with van der Waals surface area (Å²) in [5.74, 6) is 0.426. The molecule has 3 rings (SSSR count). The Balaban J connectivity index is 0.00000300. The molecule has 0 atom stereocenters. The fourth-order valence-electron chi connectivity index (χ4n) is 3.17. The lowest BCUT2D eigenvalue weighted by atomic mass is 9.95. The Kier molecular flexibility index (Phi) is 8.01. The second-order valence-electron chi connectivity index (χ2n) is 7.00. The molecule has 158 valence electrons. The van der Waals surface area contributed by atoms with Crippen molar-refractivity contribution in [1.29, 1.82) is 0 Å². The Morgan fingerprint density at radius 3 is 2.52 bits per heavy atom. The van der Waals surface area contributed by atoms with Crippen LogP contribution >= 0.6 is 24.0 Å². The van der Waals surface area contributed by atoms with Crippen LogP contribution in [0.4, 0.5) is 4.39 Å². The van der Waals surface area contributed by atoms with E-state index in [2.05, 4.69) is 15.6 Å². The van der Waals surface area contributed by atoms with Gasteiger partial charge in [-0.15, -0.1) is 24.0 Å². The largest absolute Gasteiger partial charge is 0.357 e.